The molecule has 0 heterocycles. The SMILES string of the molecule is [CH2]CC(C=O)C(F)(F)F. The molecule has 0 aliphatic heterocycles. The molecule has 0 amide bonds. The van der Waals surface area contributed by atoms with Crippen LogP contribution in [0, 0.1) is 12.8 Å². The van der Waals surface area contributed by atoms with Crippen molar-refractivity contribution in [3.05, 3.63) is 6.92 Å². The quantitative estimate of drug-likeness (QED) is 0.531. The molecule has 1 radical (unpaired) electrons. The molecule has 0 fully saturated rings. The van der Waals surface area contributed by atoms with Crippen LogP contribution < -0.4 is 0 Å². The van der Waals surface area contributed by atoms with E-state index >= 15 is 0 Å². The predicted molar refractivity (Wildman–Crippen MR) is 25.6 cm³/mol. The first kappa shape index (κ1) is 8.46. The lowest BCUT2D eigenvalue weighted by Crippen LogP contribution is -2.23. The van der Waals surface area contributed by atoms with E-state index in [1.54, 1.807) is 0 Å². The summed E-state index contributed by atoms with van der Waals surface area (Å²) in [6, 6.07) is 0. The lowest BCUT2D eigenvalue weighted by atomic mass is 10.1. The Morgan fingerprint density at radius 2 is 2.00 bits per heavy atom. The van der Waals surface area contributed by atoms with Crippen LogP contribution in [0.25, 0.3) is 0 Å². The third-order valence-electron chi connectivity index (χ3n) is 0.896. The van der Waals surface area contributed by atoms with Gasteiger partial charge in [0.25, 0.3) is 0 Å². The van der Waals surface area contributed by atoms with Crippen LogP contribution in [-0.2, 0) is 4.79 Å². The van der Waals surface area contributed by atoms with Crippen molar-refractivity contribution in [3.8, 4) is 0 Å². The molecule has 0 aromatic rings. The number of carbonyl (C=O) groups is 1. The second-order valence-electron chi connectivity index (χ2n) is 1.57. The van der Waals surface area contributed by atoms with E-state index < -0.39 is 18.5 Å². The molecule has 4 heteroatoms. The normalized spacial score (nSPS) is 15.1. The van der Waals surface area contributed by atoms with Crippen LogP contribution in [0.4, 0.5) is 13.2 Å². The third-order valence-corrected chi connectivity index (χ3v) is 0.896. The molecule has 1 nitrogen and oxygen atoms in total. The van der Waals surface area contributed by atoms with Gasteiger partial charge in [0.15, 0.2) is 0 Å². The van der Waals surface area contributed by atoms with Gasteiger partial charge in [0.1, 0.15) is 12.2 Å². The number of halogens is 3. The number of rotatable bonds is 2. The molecule has 0 spiro atoms. The van der Waals surface area contributed by atoms with Gasteiger partial charge in [-0.05, 0) is 6.42 Å². The van der Waals surface area contributed by atoms with Crippen LogP contribution in [0.2, 0.25) is 0 Å². The lowest BCUT2D eigenvalue weighted by Gasteiger charge is -2.10. The summed E-state index contributed by atoms with van der Waals surface area (Å²) in [5.41, 5.74) is 0. The Morgan fingerprint density at radius 3 is 2.00 bits per heavy atom. The Labute approximate surface area is 50.9 Å². The van der Waals surface area contributed by atoms with E-state index in [1.807, 2.05) is 0 Å². The summed E-state index contributed by atoms with van der Waals surface area (Å²) in [7, 11) is 0. The lowest BCUT2D eigenvalue weighted by molar-refractivity contribution is -0.173. The minimum absolute atomic E-state index is 0.132. The number of alkyl halides is 3. The van der Waals surface area contributed by atoms with Crippen molar-refractivity contribution in [2.24, 2.45) is 5.92 Å². The van der Waals surface area contributed by atoms with Crippen molar-refractivity contribution >= 4 is 6.29 Å². The Hall–Kier alpha value is -0.540. The van der Waals surface area contributed by atoms with Gasteiger partial charge < -0.3 is 4.79 Å². The highest BCUT2D eigenvalue weighted by Crippen LogP contribution is 2.26. The Kier molecular flexibility index (Phi) is 2.67. The van der Waals surface area contributed by atoms with Crippen LogP contribution in [-0.4, -0.2) is 12.5 Å². The average molecular weight is 139 g/mol. The molecule has 0 aliphatic rings. The summed E-state index contributed by atoms with van der Waals surface area (Å²) < 4.78 is 34.3. The molecule has 0 aliphatic carbocycles. The van der Waals surface area contributed by atoms with E-state index in [9.17, 15) is 18.0 Å². The highest BCUT2D eigenvalue weighted by atomic mass is 19.4. The number of carbonyl (C=O) groups excluding carboxylic acids is 1. The molecular formula is C5H6F3O. The van der Waals surface area contributed by atoms with Gasteiger partial charge in [-0.3, -0.25) is 0 Å². The number of hydrogen-bond donors (Lipinski definition) is 0. The molecular weight excluding hydrogens is 133 g/mol. The second-order valence-corrected chi connectivity index (χ2v) is 1.57. The number of hydrogen-bond acceptors (Lipinski definition) is 1. The fourth-order valence-corrected chi connectivity index (χ4v) is 0.309. The first-order valence-electron chi connectivity index (χ1n) is 2.33. The first-order chi connectivity index (χ1) is 4.02. The van der Waals surface area contributed by atoms with Crippen LogP contribution in [0.3, 0.4) is 0 Å². The second kappa shape index (κ2) is 2.85. The minimum Gasteiger partial charge on any atom is -0.303 e. The summed E-state index contributed by atoms with van der Waals surface area (Å²) in [4.78, 5) is 9.62. The van der Waals surface area contributed by atoms with Crippen LogP contribution in [0.1, 0.15) is 6.42 Å². The zero-order valence-corrected chi connectivity index (χ0v) is 4.61. The van der Waals surface area contributed by atoms with Crippen LogP contribution in [0.15, 0.2) is 0 Å². The minimum atomic E-state index is -4.41. The smallest absolute Gasteiger partial charge is 0.303 e. The van der Waals surface area contributed by atoms with Crippen molar-refractivity contribution in [3.63, 3.8) is 0 Å². The molecule has 0 aromatic heterocycles. The van der Waals surface area contributed by atoms with Crippen molar-refractivity contribution in [2.75, 3.05) is 0 Å². The van der Waals surface area contributed by atoms with Crippen LogP contribution in [0.5, 0.6) is 0 Å². The maximum atomic E-state index is 11.4. The van der Waals surface area contributed by atoms with Gasteiger partial charge in [0.05, 0.1) is 0 Å². The van der Waals surface area contributed by atoms with Gasteiger partial charge in [-0.25, -0.2) is 0 Å². The largest absolute Gasteiger partial charge is 0.398 e. The molecule has 0 N–H and O–H groups in total. The van der Waals surface area contributed by atoms with Gasteiger partial charge in [0.2, 0.25) is 0 Å². The molecule has 0 saturated carbocycles. The highest BCUT2D eigenvalue weighted by molar-refractivity contribution is 5.54. The highest BCUT2D eigenvalue weighted by Gasteiger charge is 2.37. The first-order valence-corrected chi connectivity index (χ1v) is 2.33. The molecule has 1 unspecified atom stereocenters. The van der Waals surface area contributed by atoms with Crippen molar-refractivity contribution < 1.29 is 18.0 Å². The molecule has 53 valence electrons. The van der Waals surface area contributed by atoms with Crippen molar-refractivity contribution in [1.82, 2.24) is 0 Å². The van der Waals surface area contributed by atoms with Gasteiger partial charge in [-0.2, -0.15) is 13.2 Å². The Morgan fingerprint density at radius 1 is 1.56 bits per heavy atom. The van der Waals surface area contributed by atoms with E-state index in [-0.39, 0.29) is 6.29 Å². The van der Waals surface area contributed by atoms with E-state index in [4.69, 9.17) is 0 Å². The van der Waals surface area contributed by atoms with Crippen molar-refractivity contribution in [1.29, 1.82) is 0 Å². The Balaban J connectivity index is 3.94. The zero-order chi connectivity index (χ0) is 7.49. The maximum Gasteiger partial charge on any atom is 0.398 e. The monoisotopic (exact) mass is 139 g/mol. The van der Waals surface area contributed by atoms with Gasteiger partial charge in [-0.1, -0.05) is 6.92 Å². The number of aldehydes is 1. The Bertz CT molecular complexity index is 96.9. The average Bonchev–Trinajstić information content (AvgIpc) is 1.65. The van der Waals surface area contributed by atoms with Crippen LogP contribution >= 0.6 is 0 Å². The van der Waals surface area contributed by atoms with E-state index in [0.717, 1.165) is 0 Å². The summed E-state index contributed by atoms with van der Waals surface area (Å²) in [6.45, 7) is 2.97. The summed E-state index contributed by atoms with van der Waals surface area (Å²) in [5.74, 6) is -1.89. The molecule has 0 bridgehead atoms. The standard InChI is InChI=1S/C5H6F3O/c1-2-4(3-9)5(6,7)8/h3-4H,1-2H2. The van der Waals surface area contributed by atoms with E-state index in [0.29, 0.717) is 0 Å². The molecule has 0 saturated heterocycles. The van der Waals surface area contributed by atoms with Gasteiger partial charge in [0, 0.05) is 0 Å². The van der Waals surface area contributed by atoms with Gasteiger partial charge in [-0.15, -0.1) is 0 Å². The molecule has 9 heavy (non-hydrogen) atoms. The predicted octanol–water partition coefficient (Wildman–Crippen LogP) is 1.59. The third kappa shape index (κ3) is 2.49. The van der Waals surface area contributed by atoms with E-state index in [2.05, 4.69) is 6.92 Å². The summed E-state index contributed by atoms with van der Waals surface area (Å²) >= 11 is 0. The zero-order valence-electron chi connectivity index (χ0n) is 4.61. The molecule has 0 aromatic carbocycles. The molecule has 0 rings (SSSR count). The maximum absolute atomic E-state index is 11.4. The summed E-state index contributed by atoms with van der Waals surface area (Å²) in [5, 5.41) is 0. The fourth-order valence-electron chi connectivity index (χ4n) is 0.309. The van der Waals surface area contributed by atoms with Crippen molar-refractivity contribution in [2.45, 2.75) is 12.6 Å². The molecule has 1 atom stereocenters. The van der Waals surface area contributed by atoms with E-state index in [1.165, 1.54) is 0 Å². The topological polar surface area (TPSA) is 17.1 Å². The van der Waals surface area contributed by atoms with Gasteiger partial charge >= 0.3 is 6.18 Å². The summed E-state index contributed by atoms with van der Waals surface area (Å²) in [6.07, 6.45) is -4.97. The fraction of sp³-hybridized carbons (Fsp3) is 0.600.